The summed E-state index contributed by atoms with van der Waals surface area (Å²) in [6.07, 6.45) is 0. The summed E-state index contributed by atoms with van der Waals surface area (Å²) < 4.78 is 31.6. The summed E-state index contributed by atoms with van der Waals surface area (Å²) in [6, 6.07) is 0. The van der Waals surface area contributed by atoms with E-state index in [4.69, 9.17) is 0 Å². The number of nitrogens with one attached hydrogen (secondary N) is 1. The Labute approximate surface area is 104 Å². The zero-order valence-electron chi connectivity index (χ0n) is 9.80. The number of rotatable bonds is 5. The van der Waals surface area contributed by atoms with Crippen molar-refractivity contribution in [2.24, 2.45) is 0 Å². The van der Waals surface area contributed by atoms with Crippen LogP contribution in [-0.2, 0) is 10.0 Å². The Morgan fingerprint density at radius 3 is 2.53 bits per heavy atom. The quantitative estimate of drug-likeness (QED) is 0.781. The molecule has 1 heterocycles. The van der Waals surface area contributed by atoms with Crippen LogP contribution in [0.4, 0.5) is 0 Å². The number of nitrogens with zero attached hydrogens (tertiary/aromatic N) is 3. The van der Waals surface area contributed by atoms with E-state index in [1.54, 1.807) is 6.92 Å². The van der Waals surface area contributed by atoms with E-state index in [1.807, 2.05) is 0 Å². The standard InChI is InChI=1S/C8H14N4O3S2/c1-6-7(11-16-10-6)8(13)9-4-5-17(14,15)12(2)3/h4-5H2,1-3H3,(H,9,13). The molecule has 1 N–H and O–H groups in total. The van der Waals surface area contributed by atoms with Crippen LogP contribution in [0.5, 0.6) is 0 Å². The maximum atomic E-state index is 11.6. The second-order valence-corrected chi connectivity index (χ2v) is 6.38. The third-order valence-electron chi connectivity index (χ3n) is 2.07. The lowest BCUT2D eigenvalue weighted by Crippen LogP contribution is -2.34. The van der Waals surface area contributed by atoms with Crippen molar-refractivity contribution in [2.45, 2.75) is 6.92 Å². The number of carbonyl (C=O) groups excluding carboxylic acids is 1. The molecule has 0 unspecified atom stereocenters. The van der Waals surface area contributed by atoms with Gasteiger partial charge in [0.05, 0.1) is 23.2 Å². The first-order valence-electron chi connectivity index (χ1n) is 4.82. The minimum atomic E-state index is -3.29. The van der Waals surface area contributed by atoms with Gasteiger partial charge in [0.1, 0.15) is 0 Å². The van der Waals surface area contributed by atoms with E-state index in [9.17, 15) is 13.2 Å². The molecule has 17 heavy (non-hydrogen) atoms. The molecule has 7 nitrogen and oxygen atoms in total. The number of aromatic nitrogens is 2. The molecule has 0 radical (unpaired) electrons. The molecule has 0 saturated carbocycles. The summed E-state index contributed by atoms with van der Waals surface area (Å²) >= 11 is 0.951. The summed E-state index contributed by atoms with van der Waals surface area (Å²) in [5.41, 5.74) is 0.792. The lowest BCUT2D eigenvalue weighted by Gasteiger charge is -2.11. The SMILES string of the molecule is Cc1nsnc1C(=O)NCCS(=O)(=O)N(C)C. The Hall–Kier alpha value is -1.06. The second kappa shape index (κ2) is 5.52. The molecule has 0 aliphatic heterocycles. The van der Waals surface area contributed by atoms with Gasteiger partial charge in [0.15, 0.2) is 5.69 Å². The van der Waals surface area contributed by atoms with E-state index in [2.05, 4.69) is 14.1 Å². The highest BCUT2D eigenvalue weighted by Gasteiger charge is 2.16. The van der Waals surface area contributed by atoms with Crippen LogP contribution < -0.4 is 5.32 Å². The van der Waals surface area contributed by atoms with Gasteiger partial charge in [-0.05, 0) is 6.92 Å². The van der Waals surface area contributed by atoms with Crippen LogP contribution in [0.2, 0.25) is 0 Å². The van der Waals surface area contributed by atoms with E-state index >= 15 is 0 Å². The summed E-state index contributed by atoms with van der Waals surface area (Å²) in [5.74, 6) is -0.535. The molecule has 0 saturated heterocycles. The molecule has 1 amide bonds. The fraction of sp³-hybridized carbons (Fsp3) is 0.625. The van der Waals surface area contributed by atoms with Gasteiger partial charge in [0.25, 0.3) is 5.91 Å². The number of carbonyl (C=O) groups is 1. The number of sulfonamides is 1. The van der Waals surface area contributed by atoms with Crippen LogP contribution in [0, 0.1) is 6.92 Å². The van der Waals surface area contributed by atoms with Crippen LogP contribution in [0.15, 0.2) is 0 Å². The molecule has 0 bridgehead atoms. The van der Waals surface area contributed by atoms with E-state index < -0.39 is 15.9 Å². The zero-order valence-corrected chi connectivity index (χ0v) is 11.4. The van der Waals surface area contributed by atoms with E-state index in [0.717, 1.165) is 16.0 Å². The highest BCUT2D eigenvalue weighted by molar-refractivity contribution is 7.89. The Morgan fingerprint density at radius 2 is 2.06 bits per heavy atom. The van der Waals surface area contributed by atoms with Gasteiger partial charge in [0, 0.05) is 20.6 Å². The maximum Gasteiger partial charge on any atom is 0.272 e. The van der Waals surface area contributed by atoms with Gasteiger partial charge in [-0.1, -0.05) is 0 Å². The number of amides is 1. The van der Waals surface area contributed by atoms with Gasteiger partial charge < -0.3 is 5.32 Å². The van der Waals surface area contributed by atoms with E-state index in [1.165, 1.54) is 14.1 Å². The smallest absolute Gasteiger partial charge is 0.272 e. The zero-order chi connectivity index (χ0) is 13.1. The lowest BCUT2D eigenvalue weighted by atomic mass is 10.3. The van der Waals surface area contributed by atoms with Crippen LogP contribution in [0.1, 0.15) is 16.2 Å². The van der Waals surface area contributed by atoms with Gasteiger partial charge in [-0.2, -0.15) is 8.75 Å². The maximum absolute atomic E-state index is 11.6. The predicted molar refractivity (Wildman–Crippen MR) is 64.5 cm³/mol. The van der Waals surface area contributed by atoms with Gasteiger partial charge in [-0.3, -0.25) is 4.79 Å². The minimum absolute atomic E-state index is 0.0519. The number of hydrogen-bond donors (Lipinski definition) is 1. The minimum Gasteiger partial charge on any atom is -0.350 e. The lowest BCUT2D eigenvalue weighted by molar-refractivity contribution is 0.0951. The van der Waals surface area contributed by atoms with Crippen molar-refractivity contribution in [2.75, 3.05) is 26.4 Å². The third kappa shape index (κ3) is 3.72. The number of aryl methyl sites for hydroxylation is 1. The van der Waals surface area contributed by atoms with Crippen LogP contribution in [0.25, 0.3) is 0 Å². The third-order valence-corrected chi connectivity index (χ3v) is 4.52. The average molecular weight is 278 g/mol. The summed E-state index contributed by atoms with van der Waals surface area (Å²) in [4.78, 5) is 11.6. The molecular formula is C8H14N4O3S2. The van der Waals surface area contributed by atoms with Crippen molar-refractivity contribution >= 4 is 27.7 Å². The van der Waals surface area contributed by atoms with Crippen LogP contribution >= 0.6 is 11.7 Å². The molecule has 0 atom stereocenters. The van der Waals surface area contributed by atoms with Crippen molar-refractivity contribution in [1.29, 1.82) is 0 Å². The first-order chi connectivity index (χ1) is 7.84. The molecule has 96 valence electrons. The highest BCUT2D eigenvalue weighted by atomic mass is 32.2. The molecule has 0 aromatic carbocycles. The Balaban J connectivity index is 2.49. The summed E-state index contributed by atoms with van der Waals surface area (Å²) in [5, 5.41) is 2.50. The molecule has 9 heteroatoms. The fourth-order valence-electron chi connectivity index (χ4n) is 0.997. The first-order valence-corrected chi connectivity index (χ1v) is 7.16. The molecule has 1 aromatic rings. The monoisotopic (exact) mass is 278 g/mol. The predicted octanol–water partition coefficient (Wildman–Crippen LogP) is -0.532. The first kappa shape index (κ1) is 14.0. The van der Waals surface area contributed by atoms with Crippen molar-refractivity contribution in [3.63, 3.8) is 0 Å². The van der Waals surface area contributed by atoms with Crippen molar-refractivity contribution in [3.05, 3.63) is 11.4 Å². The van der Waals surface area contributed by atoms with E-state index in [-0.39, 0.29) is 18.0 Å². The molecule has 0 fully saturated rings. The number of hydrogen-bond acceptors (Lipinski definition) is 6. The molecule has 0 aliphatic carbocycles. The Morgan fingerprint density at radius 1 is 1.41 bits per heavy atom. The van der Waals surface area contributed by atoms with Crippen molar-refractivity contribution < 1.29 is 13.2 Å². The fourth-order valence-corrected chi connectivity index (χ4v) is 2.27. The van der Waals surface area contributed by atoms with Gasteiger partial charge in [-0.15, -0.1) is 0 Å². The second-order valence-electron chi connectivity index (χ2n) is 3.55. The largest absolute Gasteiger partial charge is 0.350 e. The molecule has 0 aliphatic rings. The van der Waals surface area contributed by atoms with Crippen molar-refractivity contribution in [1.82, 2.24) is 18.4 Å². The van der Waals surface area contributed by atoms with Crippen LogP contribution in [-0.4, -0.2) is 53.8 Å². The Bertz CT molecular complexity index is 495. The summed E-state index contributed by atoms with van der Waals surface area (Å²) in [6.45, 7) is 1.73. The molecule has 0 spiro atoms. The normalized spacial score (nSPS) is 11.8. The molecular weight excluding hydrogens is 264 g/mol. The highest BCUT2D eigenvalue weighted by Crippen LogP contribution is 2.03. The van der Waals surface area contributed by atoms with Crippen molar-refractivity contribution in [3.8, 4) is 0 Å². The topological polar surface area (TPSA) is 92.3 Å². The average Bonchev–Trinajstić information content (AvgIpc) is 2.63. The van der Waals surface area contributed by atoms with E-state index in [0.29, 0.717) is 5.69 Å². The van der Waals surface area contributed by atoms with Gasteiger partial charge >= 0.3 is 0 Å². The van der Waals surface area contributed by atoms with Crippen LogP contribution in [0.3, 0.4) is 0 Å². The van der Waals surface area contributed by atoms with Gasteiger partial charge in [0.2, 0.25) is 10.0 Å². The van der Waals surface area contributed by atoms with Gasteiger partial charge in [-0.25, -0.2) is 12.7 Å². The molecule has 1 rings (SSSR count). The molecule has 1 aromatic heterocycles. The Kier molecular flexibility index (Phi) is 4.54. The summed E-state index contributed by atoms with van der Waals surface area (Å²) in [7, 11) is -0.388.